The number of carbonyl (C=O) groups excluding carboxylic acids is 2. The number of nitrogen functional groups attached to an aromatic ring is 1. The predicted octanol–water partition coefficient (Wildman–Crippen LogP) is 8.31. The minimum Gasteiger partial charge on any atom is -0.466 e. The number of nitrogens with zero attached hydrogens (tertiary/aromatic N) is 4. The first-order valence-corrected chi connectivity index (χ1v) is 18.8. The van der Waals surface area contributed by atoms with Crippen LogP contribution in [0.15, 0.2) is 12.5 Å². The van der Waals surface area contributed by atoms with Crippen LogP contribution in [0.3, 0.4) is 0 Å². The van der Waals surface area contributed by atoms with Crippen LogP contribution in [0, 0.1) is 11.8 Å². The predicted molar refractivity (Wildman–Crippen MR) is 191 cm³/mol. The Morgan fingerprint density at radius 3 is 1.85 bits per heavy atom. The molecule has 2 aromatic heterocycles. The van der Waals surface area contributed by atoms with Crippen LogP contribution in [0.4, 0.5) is 5.95 Å². The molecule has 268 valence electrons. The molecule has 0 saturated carbocycles. The van der Waals surface area contributed by atoms with Crippen molar-refractivity contribution in [2.45, 2.75) is 168 Å². The van der Waals surface area contributed by atoms with Crippen molar-refractivity contribution in [1.29, 1.82) is 0 Å². The molecule has 0 aliphatic rings. The van der Waals surface area contributed by atoms with Crippen LogP contribution < -0.4 is 11.5 Å². The van der Waals surface area contributed by atoms with Gasteiger partial charge in [-0.1, -0.05) is 136 Å². The maximum absolute atomic E-state index is 12.4. The lowest BCUT2D eigenvalue weighted by Crippen LogP contribution is -2.38. The topological polar surface area (TPSA) is 148 Å². The molecule has 0 bridgehead atoms. The molecule has 2 aromatic rings. The highest BCUT2D eigenvalue weighted by Gasteiger charge is 2.22. The van der Waals surface area contributed by atoms with Crippen molar-refractivity contribution in [3.8, 4) is 0 Å². The second-order valence-corrected chi connectivity index (χ2v) is 13.7. The number of imidazole rings is 1. The summed E-state index contributed by atoms with van der Waals surface area (Å²) in [6.45, 7) is 6.91. The van der Waals surface area contributed by atoms with Crippen molar-refractivity contribution in [1.82, 2.24) is 19.5 Å². The van der Waals surface area contributed by atoms with Gasteiger partial charge in [-0.25, -0.2) is 9.97 Å². The van der Waals surface area contributed by atoms with Crippen LogP contribution in [-0.4, -0.2) is 50.7 Å². The highest BCUT2D eigenvalue weighted by Crippen LogP contribution is 2.17. The van der Waals surface area contributed by atoms with Crippen LogP contribution >= 0.6 is 0 Å². The standard InChI is InChI=1S/C37H66N6O4/c1-4-5-6-7-8-9-10-11-12-13-14-15-16-17-18-19-20-21-22-23-33(44)46-25-24-31(28-47-36(45)34(38)30(2)3)27-43-29-41-32-26-40-37(39)42-35(32)43/h26,29-31,34H,4-25,27-28,38H2,1-3H3,(H2,39,40,42)/t31-,34+/m1/s1. The molecule has 2 heterocycles. The molecule has 0 spiro atoms. The third-order valence-corrected chi connectivity index (χ3v) is 9.06. The highest BCUT2D eigenvalue weighted by molar-refractivity contribution is 5.75. The van der Waals surface area contributed by atoms with E-state index in [4.69, 9.17) is 20.9 Å². The number of esters is 2. The van der Waals surface area contributed by atoms with Crippen molar-refractivity contribution in [2.75, 3.05) is 18.9 Å². The van der Waals surface area contributed by atoms with Crippen molar-refractivity contribution in [2.24, 2.45) is 17.6 Å². The van der Waals surface area contributed by atoms with Crippen molar-refractivity contribution in [3.63, 3.8) is 0 Å². The number of carbonyl (C=O) groups is 2. The SMILES string of the molecule is CCCCCCCCCCCCCCCCCCCCCC(=O)OCC[C@@H](COC(=O)[C@@H](N)C(C)C)Cn1cnc2cnc(N)nc21. The maximum Gasteiger partial charge on any atom is 0.323 e. The Kier molecular flexibility index (Phi) is 21.8. The molecule has 4 N–H and O–H groups in total. The van der Waals surface area contributed by atoms with Gasteiger partial charge in [0.15, 0.2) is 5.65 Å². The Hall–Kier alpha value is -2.75. The van der Waals surface area contributed by atoms with Gasteiger partial charge in [-0.2, -0.15) is 4.98 Å². The quantitative estimate of drug-likeness (QED) is 0.0650. The van der Waals surface area contributed by atoms with Crippen LogP contribution in [0.25, 0.3) is 11.2 Å². The molecule has 0 aromatic carbocycles. The fourth-order valence-corrected chi connectivity index (χ4v) is 5.84. The number of rotatable bonds is 29. The van der Waals surface area contributed by atoms with E-state index in [2.05, 4.69) is 21.9 Å². The van der Waals surface area contributed by atoms with Crippen molar-refractivity contribution < 1.29 is 19.1 Å². The maximum atomic E-state index is 12.4. The summed E-state index contributed by atoms with van der Waals surface area (Å²) >= 11 is 0. The van der Waals surface area contributed by atoms with E-state index in [0.29, 0.717) is 30.6 Å². The van der Waals surface area contributed by atoms with Gasteiger partial charge < -0.3 is 25.5 Å². The number of nitrogens with two attached hydrogens (primary N) is 2. The average Bonchev–Trinajstić information content (AvgIpc) is 3.45. The summed E-state index contributed by atoms with van der Waals surface area (Å²) in [4.78, 5) is 37.4. The first kappa shape index (κ1) is 40.4. The number of anilines is 1. The summed E-state index contributed by atoms with van der Waals surface area (Å²) in [5.74, 6) is -0.608. The summed E-state index contributed by atoms with van der Waals surface area (Å²) in [5.41, 5.74) is 13.0. The molecule has 2 atom stereocenters. The Morgan fingerprint density at radius 2 is 1.32 bits per heavy atom. The first-order valence-electron chi connectivity index (χ1n) is 18.8. The second kappa shape index (κ2) is 25.3. The smallest absolute Gasteiger partial charge is 0.323 e. The van der Waals surface area contributed by atoms with Gasteiger partial charge in [0.25, 0.3) is 0 Å². The normalized spacial score (nSPS) is 12.9. The van der Waals surface area contributed by atoms with Crippen LogP contribution in [0.2, 0.25) is 0 Å². The van der Waals surface area contributed by atoms with Crippen molar-refractivity contribution >= 4 is 29.1 Å². The minimum absolute atomic E-state index is 0.0248. The molecule has 0 radical (unpaired) electrons. The zero-order valence-electron chi connectivity index (χ0n) is 29.9. The Morgan fingerprint density at radius 1 is 0.787 bits per heavy atom. The zero-order chi connectivity index (χ0) is 34.1. The molecule has 10 heteroatoms. The van der Waals surface area contributed by atoms with E-state index in [0.717, 1.165) is 12.8 Å². The average molecular weight is 659 g/mol. The second-order valence-electron chi connectivity index (χ2n) is 13.7. The van der Waals surface area contributed by atoms with Gasteiger partial charge in [0.05, 0.1) is 25.7 Å². The largest absolute Gasteiger partial charge is 0.466 e. The number of unbranched alkanes of at least 4 members (excludes halogenated alkanes) is 18. The molecule has 0 fully saturated rings. The fraction of sp³-hybridized carbons (Fsp3) is 0.811. The lowest BCUT2D eigenvalue weighted by molar-refractivity contribution is -0.149. The molecular weight excluding hydrogens is 592 g/mol. The van der Waals surface area contributed by atoms with Gasteiger partial charge in [-0.05, 0) is 18.8 Å². The molecular formula is C37H66N6O4. The summed E-state index contributed by atoms with van der Waals surface area (Å²) in [7, 11) is 0. The van der Waals surface area contributed by atoms with Crippen LogP contribution in [-0.2, 0) is 25.6 Å². The lowest BCUT2D eigenvalue weighted by atomic mass is 10.0. The molecule has 2 rings (SSSR count). The first-order chi connectivity index (χ1) is 22.8. The molecule has 47 heavy (non-hydrogen) atoms. The van der Waals surface area contributed by atoms with E-state index in [1.807, 2.05) is 18.4 Å². The number of hydrogen-bond acceptors (Lipinski definition) is 9. The summed E-state index contributed by atoms with van der Waals surface area (Å²) < 4.78 is 13.0. The van der Waals surface area contributed by atoms with E-state index >= 15 is 0 Å². The molecule has 0 amide bonds. The number of ether oxygens (including phenoxy) is 2. The molecule has 0 aliphatic carbocycles. The van der Waals surface area contributed by atoms with Gasteiger partial charge in [-0.3, -0.25) is 9.59 Å². The van der Waals surface area contributed by atoms with Gasteiger partial charge >= 0.3 is 11.9 Å². The monoisotopic (exact) mass is 659 g/mol. The Balaban J connectivity index is 1.53. The van der Waals surface area contributed by atoms with Gasteiger partial charge in [0.1, 0.15) is 11.6 Å². The number of fused-ring (bicyclic) bond motifs is 1. The van der Waals surface area contributed by atoms with Crippen molar-refractivity contribution in [3.05, 3.63) is 12.5 Å². The summed E-state index contributed by atoms with van der Waals surface area (Å²) in [6.07, 6.45) is 29.4. The van der Waals surface area contributed by atoms with E-state index < -0.39 is 12.0 Å². The van der Waals surface area contributed by atoms with E-state index in [1.54, 1.807) is 12.5 Å². The van der Waals surface area contributed by atoms with E-state index in [1.165, 1.54) is 109 Å². The Bertz CT molecular complexity index is 1110. The minimum atomic E-state index is -0.686. The van der Waals surface area contributed by atoms with Crippen LogP contribution in [0.5, 0.6) is 0 Å². The fourth-order valence-electron chi connectivity index (χ4n) is 5.84. The van der Waals surface area contributed by atoms with Gasteiger partial charge in [-0.15, -0.1) is 0 Å². The molecule has 0 saturated heterocycles. The van der Waals surface area contributed by atoms with Crippen LogP contribution in [0.1, 0.15) is 156 Å². The van der Waals surface area contributed by atoms with E-state index in [-0.39, 0.29) is 37.0 Å². The third kappa shape index (κ3) is 18.4. The highest BCUT2D eigenvalue weighted by atomic mass is 16.5. The number of hydrogen-bond donors (Lipinski definition) is 2. The van der Waals surface area contributed by atoms with Gasteiger partial charge in [0, 0.05) is 18.9 Å². The zero-order valence-corrected chi connectivity index (χ0v) is 29.9. The van der Waals surface area contributed by atoms with E-state index in [9.17, 15) is 9.59 Å². The summed E-state index contributed by atoms with van der Waals surface area (Å²) in [5, 5.41) is 0. The molecule has 0 aliphatic heterocycles. The lowest BCUT2D eigenvalue weighted by Gasteiger charge is -2.20. The molecule has 0 unspecified atom stereocenters. The Labute approximate surface area is 284 Å². The number of aromatic nitrogens is 4. The van der Waals surface area contributed by atoms with Gasteiger partial charge in [0.2, 0.25) is 5.95 Å². The molecule has 10 nitrogen and oxygen atoms in total. The summed E-state index contributed by atoms with van der Waals surface area (Å²) in [6, 6.07) is -0.686. The third-order valence-electron chi connectivity index (χ3n) is 9.06.